The molecule has 3 aromatic carbocycles. The first-order chi connectivity index (χ1) is 12.7. The van der Waals surface area contributed by atoms with E-state index >= 15 is 0 Å². The lowest BCUT2D eigenvalue weighted by Crippen LogP contribution is -1.96. The molecule has 3 rings (SSSR count). The largest absolute Gasteiger partial charge is 0.497 e. The fourth-order valence-corrected chi connectivity index (χ4v) is 3.41. The minimum absolute atomic E-state index is 0.00450. The molecule has 0 radical (unpaired) electrons. The van der Waals surface area contributed by atoms with Crippen LogP contribution in [0.1, 0.15) is 21.5 Å². The Hall–Kier alpha value is -2.78. The number of carbonyl (C=O) groups is 1. The van der Waals surface area contributed by atoms with Gasteiger partial charge in [0.25, 0.3) is 0 Å². The Morgan fingerprint density at radius 2 is 1.50 bits per heavy atom. The van der Waals surface area contributed by atoms with Crippen LogP contribution in [0.3, 0.4) is 0 Å². The van der Waals surface area contributed by atoms with Crippen LogP contribution < -0.4 is 4.74 Å². The summed E-state index contributed by atoms with van der Waals surface area (Å²) in [6, 6.07) is 25.5. The number of methoxy groups -OCH3 is 1. The summed E-state index contributed by atoms with van der Waals surface area (Å²) in [6.07, 6.45) is 1.72. The molecule has 3 heteroatoms. The molecule has 0 aliphatic heterocycles. The van der Waals surface area contributed by atoms with Gasteiger partial charge in [-0.05, 0) is 36.8 Å². The van der Waals surface area contributed by atoms with E-state index in [1.807, 2.05) is 85.8 Å². The Bertz CT molecular complexity index is 895. The number of allylic oxidation sites excluding steroid dienone is 1. The minimum Gasteiger partial charge on any atom is -0.497 e. The van der Waals surface area contributed by atoms with Crippen LogP contribution in [0.5, 0.6) is 5.75 Å². The van der Waals surface area contributed by atoms with E-state index in [0.29, 0.717) is 5.56 Å². The van der Waals surface area contributed by atoms with Crippen molar-refractivity contribution in [3.63, 3.8) is 0 Å². The molecular formula is C23H20O2S. The Labute approximate surface area is 158 Å². The monoisotopic (exact) mass is 360 g/mol. The zero-order valence-corrected chi connectivity index (χ0v) is 15.6. The average molecular weight is 360 g/mol. The highest BCUT2D eigenvalue weighted by Crippen LogP contribution is 2.35. The summed E-state index contributed by atoms with van der Waals surface area (Å²) in [5.41, 5.74) is 2.86. The zero-order valence-electron chi connectivity index (χ0n) is 14.8. The summed E-state index contributed by atoms with van der Waals surface area (Å²) in [7, 11) is 1.65. The van der Waals surface area contributed by atoms with E-state index in [-0.39, 0.29) is 5.78 Å². The molecule has 0 aromatic heterocycles. The number of hydrogen-bond acceptors (Lipinski definition) is 3. The van der Waals surface area contributed by atoms with Gasteiger partial charge < -0.3 is 4.74 Å². The van der Waals surface area contributed by atoms with E-state index < -0.39 is 0 Å². The lowest BCUT2D eigenvalue weighted by atomic mass is 10.1. The summed E-state index contributed by atoms with van der Waals surface area (Å²) in [4.78, 5) is 14.7. The van der Waals surface area contributed by atoms with Crippen molar-refractivity contribution >= 4 is 22.5 Å². The van der Waals surface area contributed by atoms with Crippen LogP contribution in [0, 0.1) is 6.92 Å². The van der Waals surface area contributed by atoms with Crippen LogP contribution in [-0.4, -0.2) is 12.9 Å². The Morgan fingerprint density at radius 3 is 2.12 bits per heavy atom. The molecule has 0 aliphatic rings. The summed E-state index contributed by atoms with van der Waals surface area (Å²) in [5.74, 6) is 0.820. The molecule has 0 unspecified atom stereocenters. The van der Waals surface area contributed by atoms with E-state index in [1.165, 1.54) is 0 Å². The SMILES string of the molecule is COc1ccc(S/C(=C\C(=O)c2ccc(C)cc2)c2ccccc2)cc1. The second-order valence-corrected chi connectivity index (χ2v) is 7.00. The number of ether oxygens (including phenoxy) is 1. The van der Waals surface area contributed by atoms with Crippen LogP contribution in [0.15, 0.2) is 89.8 Å². The third-order valence-corrected chi connectivity index (χ3v) is 5.03. The van der Waals surface area contributed by atoms with Gasteiger partial charge in [-0.3, -0.25) is 4.79 Å². The number of rotatable bonds is 6. The number of carbonyl (C=O) groups excluding carboxylic acids is 1. The van der Waals surface area contributed by atoms with Crippen LogP contribution in [0.2, 0.25) is 0 Å². The Morgan fingerprint density at radius 1 is 0.846 bits per heavy atom. The van der Waals surface area contributed by atoms with Gasteiger partial charge in [0, 0.05) is 21.4 Å². The molecule has 0 saturated heterocycles. The number of ketones is 1. The van der Waals surface area contributed by atoms with Crippen molar-refractivity contribution in [2.75, 3.05) is 7.11 Å². The van der Waals surface area contributed by atoms with Gasteiger partial charge in [0.2, 0.25) is 0 Å². The summed E-state index contributed by atoms with van der Waals surface area (Å²) < 4.78 is 5.21. The standard InChI is InChI=1S/C23H20O2S/c1-17-8-10-18(11-9-17)22(24)16-23(19-6-4-3-5-7-19)26-21-14-12-20(25-2)13-15-21/h3-16H,1-2H3/b23-16-. The molecule has 0 atom stereocenters. The molecule has 0 saturated carbocycles. The minimum atomic E-state index is 0.00450. The zero-order chi connectivity index (χ0) is 18.4. The lowest BCUT2D eigenvalue weighted by Gasteiger charge is -2.09. The average Bonchev–Trinajstić information content (AvgIpc) is 2.69. The van der Waals surface area contributed by atoms with Crippen LogP contribution in [-0.2, 0) is 0 Å². The normalized spacial score (nSPS) is 11.2. The second-order valence-electron chi connectivity index (χ2n) is 5.88. The van der Waals surface area contributed by atoms with E-state index in [0.717, 1.165) is 26.7 Å². The van der Waals surface area contributed by atoms with Gasteiger partial charge in [-0.1, -0.05) is 71.9 Å². The van der Waals surface area contributed by atoms with Crippen LogP contribution in [0.4, 0.5) is 0 Å². The molecule has 2 nitrogen and oxygen atoms in total. The first-order valence-electron chi connectivity index (χ1n) is 8.36. The predicted octanol–water partition coefficient (Wildman–Crippen LogP) is 6.02. The molecule has 26 heavy (non-hydrogen) atoms. The van der Waals surface area contributed by atoms with Gasteiger partial charge >= 0.3 is 0 Å². The van der Waals surface area contributed by atoms with Crippen molar-refractivity contribution in [3.05, 3.63) is 102 Å². The first kappa shape index (κ1) is 18.0. The summed E-state index contributed by atoms with van der Waals surface area (Å²) >= 11 is 1.57. The highest BCUT2D eigenvalue weighted by Gasteiger charge is 2.09. The lowest BCUT2D eigenvalue weighted by molar-refractivity contribution is 0.104. The highest BCUT2D eigenvalue weighted by atomic mass is 32.2. The van der Waals surface area contributed by atoms with Crippen molar-refractivity contribution in [2.45, 2.75) is 11.8 Å². The maximum atomic E-state index is 12.7. The van der Waals surface area contributed by atoms with Crippen molar-refractivity contribution in [1.29, 1.82) is 0 Å². The van der Waals surface area contributed by atoms with Gasteiger partial charge in [-0.2, -0.15) is 0 Å². The quantitative estimate of drug-likeness (QED) is 0.305. The molecule has 3 aromatic rings. The Balaban J connectivity index is 1.92. The van der Waals surface area contributed by atoms with Gasteiger partial charge in [-0.15, -0.1) is 0 Å². The van der Waals surface area contributed by atoms with Gasteiger partial charge in [-0.25, -0.2) is 0 Å². The molecule has 130 valence electrons. The number of benzene rings is 3. The predicted molar refractivity (Wildman–Crippen MR) is 109 cm³/mol. The van der Waals surface area contributed by atoms with E-state index in [1.54, 1.807) is 24.9 Å². The third-order valence-electron chi connectivity index (χ3n) is 3.94. The summed E-state index contributed by atoms with van der Waals surface area (Å²) in [6.45, 7) is 2.01. The first-order valence-corrected chi connectivity index (χ1v) is 9.17. The maximum absolute atomic E-state index is 12.7. The summed E-state index contributed by atoms with van der Waals surface area (Å²) in [5, 5.41) is 0. The van der Waals surface area contributed by atoms with E-state index in [4.69, 9.17) is 4.74 Å². The topological polar surface area (TPSA) is 26.3 Å². The smallest absolute Gasteiger partial charge is 0.186 e. The molecule has 0 spiro atoms. The molecule has 0 aliphatic carbocycles. The molecule has 0 N–H and O–H groups in total. The molecule has 0 bridgehead atoms. The van der Waals surface area contributed by atoms with Gasteiger partial charge in [0.05, 0.1) is 7.11 Å². The fraction of sp³-hybridized carbons (Fsp3) is 0.0870. The van der Waals surface area contributed by atoms with Crippen molar-refractivity contribution in [3.8, 4) is 5.75 Å². The van der Waals surface area contributed by atoms with Crippen LogP contribution in [0.25, 0.3) is 4.91 Å². The van der Waals surface area contributed by atoms with E-state index in [9.17, 15) is 4.79 Å². The second kappa shape index (κ2) is 8.54. The van der Waals surface area contributed by atoms with Crippen molar-refractivity contribution in [1.82, 2.24) is 0 Å². The van der Waals surface area contributed by atoms with E-state index in [2.05, 4.69) is 0 Å². The van der Waals surface area contributed by atoms with Crippen LogP contribution >= 0.6 is 11.8 Å². The van der Waals surface area contributed by atoms with Gasteiger partial charge in [0.1, 0.15) is 5.75 Å². The van der Waals surface area contributed by atoms with Crippen molar-refractivity contribution < 1.29 is 9.53 Å². The van der Waals surface area contributed by atoms with Crippen molar-refractivity contribution in [2.24, 2.45) is 0 Å². The highest BCUT2D eigenvalue weighted by molar-refractivity contribution is 8.08. The fourth-order valence-electron chi connectivity index (χ4n) is 2.47. The third kappa shape index (κ3) is 4.64. The molecule has 0 fully saturated rings. The Kier molecular flexibility index (Phi) is 5.92. The maximum Gasteiger partial charge on any atom is 0.186 e. The molecule has 0 amide bonds. The molecular weight excluding hydrogens is 340 g/mol. The number of aryl methyl sites for hydroxylation is 1. The number of thioether (sulfide) groups is 1. The molecule has 0 heterocycles. The van der Waals surface area contributed by atoms with Gasteiger partial charge in [0.15, 0.2) is 5.78 Å². The number of hydrogen-bond donors (Lipinski definition) is 0.